The van der Waals surface area contributed by atoms with Gasteiger partial charge in [0, 0.05) is 0 Å². The van der Waals surface area contributed by atoms with Crippen molar-refractivity contribution in [1.29, 1.82) is 0 Å². The molecule has 0 fully saturated rings. The van der Waals surface area contributed by atoms with Crippen molar-refractivity contribution >= 4 is 0 Å². The molecule has 0 saturated carbocycles. The molecular formula is C18H20. The molecule has 0 N–H and O–H groups in total. The Morgan fingerprint density at radius 1 is 1.11 bits per heavy atom. The molecule has 1 aliphatic rings. The van der Waals surface area contributed by atoms with E-state index in [-0.39, 0.29) is 0 Å². The van der Waals surface area contributed by atoms with Gasteiger partial charge in [0.05, 0.1) is 0 Å². The first-order valence-corrected chi connectivity index (χ1v) is 6.53. The zero-order chi connectivity index (χ0) is 12.8. The van der Waals surface area contributed by atoms with E-state index in [0.717, 1.165) is 6.42 Å². The average Bonchev–Trinajstić information content (AvgIpc) is 2.39. The van der Waals surface area contributed by atoms with Crippen molar-refractivity contribution in [2.24, 2.45) is 5.92 Å². The summed E-state index contributed by atoms with van der Waals surface area (Å²) >= 11 is 0. The van der Waals surface area contributed by atoms with Crippen molar-refractivity contribution in [1.82, 2.24) is 0 Å². The normalized spacial score (nSPS) is 21.0. The predicted molar refractivity (Wildman–Crippen MR) is 79.6 cm³/mol. The van der Waals surface area contributed by atoms with Gasteiger partial charge in [0.15, 0.2) is 0 Å². The minimum Gasteiger partial charge on any atom is -0.0801 e. The summed E-state index contributed by atoms with van der Waals surface area (Å²) in [6.45, 7) is 4.34. The van der Waals surface area contributed by atoms with Crippen LogP contribution in [-0.2, 0) is 6.42 Å². The maximum atomic E-state index is 2.22. The average molecular weight is 236 g/mol. The standard InChI is InChI=1S/C18H20/c1-15-11-13-17(14-12-15)8-4-6-10-18-9-5-3-7-16(18)2/h3-7,9-14,16H,8H2,1-2H3/b6-4-,18-10-. The smallest absolute Gasteiger partial charge is 0.000732 e. The summed E-state index contributed by atoms with van der Waals surface area (Å²) in [6.07, 6.45) is 16.2. The van der Waals surface area contributed by atoms with Gasteiger partial charge in [0.25, 0.3) is 0 Å². The van der Waals surface area contributed by atoms with Gasteiger partial charge < -0.3 is 0 Å². The lowest BCUT2D eigenvalue weighted by molar-refractivity contribution is 0.883. The molecule has 1 aromatic rings. The van der Waals surface area contributed by atoms with E-state index in [0.29, 0.717) is 5.92 Å². The molecule has 92 valence electrons. The second-order valence-electron chi connectivity index (χ2n) is 4.82. The van der Waals surface area contributed by atoms with Gasteiger partial charge in [-0.2, -0.15) is 0 Å². The highest BCUT2D eigenvalue weighted by Crippen LogP contribution is 2.17. The van der Waals surface area contributed by atoms with E-state index in [1.54, 1.807) is 0 Å². The zero-order valence-corrected chi connectivity index (χ0v) is 11.1. The number of hydrogen-bond acceptors (Lipinski definition) is 0. The summed E-state index contributed by atoms with van der Waals surface area (Å²) in [5.74, 6) is 0.527. The van der Waals surface area contributed by atoms with E-state index in [1.165, 1.54) is 16.7 Å². The third-order valence-corrected chi connectivity index (χ3v) is 3.22. The van der Waals surface area contributed by atoms with Gasteiger partial charge in [-0.1, -0.05) is 79.3 Å². The maximum absolute atomic E-state index is 2.22. The van der Waals surface area contributed by atoms with Gasteiger partial charge in [0.2, 0.25) is 0 Å². The predicted octanol–water partition coefficient (Wildman–Crippen LogP) is 4.78. The molecule has 0 heteroatoms. The molecule has 0 aliphatic heterocycles. The van der Waals surface area contributed by atoms with Gasteiger partial charge in [-0.15, -0.1) is 0 Å². The molecule has 2 rings (SSSR count). The lowest BCUT2D eigenvalue weighted by atomic mass is 9.96. The van der Waals surface area contributed by atoms with Crippen molar-refractivity contribution in [3.8, 4) is 0 Å². The first kappa shape index (κ1) is 12.6. The lowest BCUT2D eigenvalue weighted by Gasteiger charge is -2.09. The molecule has 0 spiro atoms. The largest absolute Gasteiger partial charge is 0.0801 e. The summed E-state index contributed by atoms with van der Waals surface area (Å²) in [4.78, 5) is 0. The molecule has 0 saturated heterocycles. The fraction of sp³-hybridized carbons (Fsp3) is 0.222. The molecule has 1 unspecified atom stereocenters. The minimum absolute atomic E-state index is 0.527. The first-order chi connectivity index (χ1) is 8.75. The Balaban J connectivity index is 1.92. The van der Waals surface area contributed by atoms with Crippen molar-refractivity contribution in [3.05, 3.63) is 83.5 Å². The molecule has 0 radical (unpaired) electrons. The van der Waals surface area contributed by atoms with Crippen LogP contribution in [0.5, 0.6) is 0 Å². The molecule has 0 heterocycles. The number of aryl methyl sites for hydroxylation is 1. The fourth-order valence-electron chi connectivity index (χ4n) is 1.98. The Hall–Kier alpha value is -1.82. The van der Waals surface area contributed by atoms with Crippen molar-refractivity contribution in [2.75, 3.05) is 0 Å². The molecule has 1 aliphatic carbocycles. The van der Waals surface area contributed by atoms with Crippen LogP contribution in [0.3, 0.4) is 0 Å². The second-order valence-corrected chi connectivity index (χ2v) is 4.82. The SMILES string of the molecule is Cc1ccc(C/C=C\C=C2\C=CC=CC2C)cc1. The highest BCUT2D eigenvalue weighted by molar-refractivity contribution is 5.35. The van der Waals surface area contributed by atoms with Gasteiger partial charge >= 0.3 is 0 Å². The van der Waals surface area contributed by atoms with Crippen molar-refractivity contribution in [2.45, 2.75) is 20.3 Å². The Kier molecular flexibility index (Phi) is 4.35. The van der Waals surface area contributed by atoms with Crippen LogP contribution in [0.25, 0.3) is 0 Å². The Labute approximate surface area is 110 Å². The summed E-state index contributed by atoms with van der Waals surface area (Å²) in [6, 6.07) is 8.72. The fourth-order valence-corrected chi connectivity index (χ4v) is 1.98. The topological polar surface area (TPSA) is 0 Å². The summed E-state index contributed by atoms with van der Waals surface area (Å²) in [5.41, 5.74) is 4.05. The Morgan fingerprint density at radius 3 is 2.61 bits per heavy atom. The number of allylic oxidation sites excluding steroid dienone is 8. The molecule has 0 bridgehead atoms. The van der Waals surface area contributed by atoms with Gasteiger partial charge in [0.1, 0.15) is 0 Å². The molecule has 1 aromatic carbocycles. The van der Waals surface area contributed by atoms with E-state index >= 15 is 0 Å². The Morgan fingerprint density at radius 2 is 1.89 bits per heavy atom. The maximum Gasteiger partial charge on any atom is -0.000732 e. The van der Waals surface area contributed by atoms with Gasteiger partial charge in [-0.05, 0) is 30.4 Å². The van der Waals surface area contributed by atoms with Crippen molar-refractivity contribution in [3.63, 3.8) is 0 Å². The molecular weight excluding hydrogens is 216 g/mol. The van der Waals surface area contributed by atoms with Crippen LogP contribution in [0.4, 0.5) is 0 Å². The first-order valence-electron chi connectivity index (χ1n) is 6.53. The van der Waals surface area contributed by atoms with Crippen LogP contribution in [0, 0.1) is 12.8 Å². The van der Waals surface area contributed by atoms with Crippen molar-refractivity contribution < 1.29 is 0 Å². The number of benzene rings is 1. The molecule has 18 heavy (non-hydrogen) atoms. The summed E-state index contributed by atoms with van der Waals surface area (Å²) < 4.78 is 0. The van der Waals surface area contributed by atoms with Crippen LogP contribution in [0.2, 0.25) is 0 Å². The van der Waals surface area contributed by atoms with Crippen LogP contribution in [0.15, 0.2) is 72.4 Å². The number of hydrogen-bond donors (Lipinski definition) is 0. The van der Waals surface area contributed by atoms with E-state index in [4.69, 9.17) is 0 Å². The van der Waals surface area contributed by atoms with E-state index in [9.17, 15) is 0 Å². The van der Waals surface area contributed by atoms with Crippen LogP contribution in [0.1, 0.15) is 18.1 Å². The third-order valence-electron chi connectivity index (χ3n) is 3.22. The second kappa shape index (κ2) is 6.20. The van der Waals surface area contributed by atoms with Crippen LogP contribution >= 0.6 is 0 Å². The van der Waals surface area contributed by atoms with Crippen LogP contribution in [-0.4, -0.2) is 0 Å². The molecule has 1 atom stereocenters. The highest BCUT2D eigenvalue weighted by atomic mass is 14.1. The lowest BCUT2D eigenvalue weighted by Crippen LogP contribution is -1.94. The minimum atomic E-state index is 0.527. The molecule has 0 amide bonds. The highest BCUT2D eigenvalue weighted by Gasteiger charge is 2.02. The third kappa shape index (κ3) is 3.59. The monoisotopic (exact) mass is 236 g/mol. The summed E-state index contributed by atoms with van der Waals surface area (Å²) in [5, 5.41) is 0. The number of rotatable bonds is 3. The van der Waals surface area contributed by atoms with Crippen LogP contribution < -0.4 is 0 Å². The Bertz CT molecular complexity index is 495. The van der Waals surface area contributed by atoms with E-state index < -0.39 is 0 Å². The quantitative estimate of drug-likeness (QED) is 0.708. The van der Waals surface area contributed by atoms with Gasteiger partial charge in [-0.25, -0.2) is 0 Å². The van der Waals surface area contributed by atoms with Gasteiger partial charge in [-0.3, -0.25) is 0 Å². The summed E-state index contributed by atoms with van der Waals surface area (Å²) in [7, 11) is 0. The van der Waals surface area contributed by atoms with E-state index in [2.05, 4.69) is 80.6 Å². The van der Waals surface area contributed by atoms with E-state index in [1.807, 2.05) is 0 Å². The molecule has 0 aromatic heterocycles. The molecule has 0 nitrogen and oxygen atoms in total. The zero-order valence-electron chi connectivity index (χ0n) is 11.1.